The predicted octanol–water partition coefficient (Wildman–Crippen LogP) is 4.87. The predicted molar refractivity (Wildman–Crippen MR) is 150 cm³/mol. The Morgan fingerprint density at radius 3 is 2.54 bits per heavy atom. The number of halogens is 1. The van der Waals surface area contributed by atoms with Gasteiger partial charge in [-0.25, -0.2) is 4.39 Å². The zero-order chi connectivity index (χ0) is 27.9. The van der Waals surface area contributed by atoms with Gasteiger partial charge in [0.2, 0.25) is 5.91 Å². The smallest absolute Gasteiger partial charge is 0.276 e. The third kappa shape index (κ3) is 7.00. The Bertz CT molecular complexity index is 1300. The lowest BCUT2D eigenvalue weighted by molar-refractivity contribution is -0.131. The van der Waals surface area contributed by atoms with Gasteiger partial charge >= 0.3 is 0 Å². The molecule has 1 aliphatic rings. The summed E-state index contributed by atoms with van der Waals surface area (Å²) >= 11 is 0. The van der Waals surface area contributed by atoms with E-state index in [0.29, 0.717) is 37.4 Å². The Morgan fingerprint density at radius 1 is 1.03 bits per heavy atom. The second-order valence-corrected chi connectivity index (χ2v) is 10.2. The number of pyridine rings is 1. The second kappa shape index (κ2) is 12.8. The van der Waals surface area contributed by atoms with Crippen LogP contribution < -0.4 is 9.64 Å². The molecule has 0 saturated heterocycles. The van der Waals surface area contributed by atoms with Gasteiger partial charge in [-0.2, -0.15) is 0 Å². The van der Waals surface area contributed by atoms with Gasteiger partial charge in [0.05, 0.1) is 19.2 Å². The third-order valence-corrected chi connectivity index (χ3v) is 7.21. The number of amides is 2. The fourth-order valence-electron chi connectivity index (χ4n) is 5.02. The quantitative estimate of drug-likeness (QED) is 0.469. The second-order valence-electron chi connectivity index (χ2n) is 10.2. The van der Waals surface area contributed by atoms with E-state index in [1.165, 1.54) is 12.1 Å². The van der Waals surface area contributed by atoms with Crippen LogP contribution in [0.2, 0.25) is 0 Å². The Balaban J connectivity index is 1.70. The number of carbonyl (C=O) groups is 2. The van der Waals surface area contributed by atoms with Crippen molar-refractivity contribution in [2.24, 2.45) is 0 Å². The van der Waals surface area contributed by atoms with E-state index < -0.39 is 5.82 Å². The zero-order valence-electron chi connectivity index (χ0n) is 23.2. The van der Waals surface area contributed by atoms with E-state index in [9.17, 15) is 14.0 Å². The number of aryl methyl sites for hydroxylation is 1. The number of carbonyl (C=O) groups excluding carboxylic acids is 2. The summed E-state index contributed by atoms with van der Waals surface area (Å²) in [4.78, 5) is 37.3. The standard InChI is InChI=1S/C31H37FN4O3/c1-22(2)34-14-7-15-36(31(38)27-8-5-6-13-33-27)28-20-26(32)11-10-25(28)21-35(17-16-34)30(37)19-24-9-12-29(39-4)23(3)18-24/h5-6,8-13,18,20,22H,7,14-17,19,21H2,1-4H3. The molecular weight excluding hydrogens is 495 g/mol. The molecule has 0 fully saturated rings. The molecule has 0 bridgehead atoms. The molecule has 206 valence electrons. The van der Waals surface area contributed by atoms with Crippen LogP contribution in [0, 0.1) is 12.7 Å². The molecule has 7 nitrogen and oxygen atoms in total. The summed E-state index contributed by atoms with van der Waals surface area (Å²) in [6.45, 7) is 8.87. The molecular formula is C31H37FN4O3. The van der Waals surface area contributed by atoms with Crippen molar-refractivity contribution >= 4 is 17.5 Å². The van der Waals surface area contributed by atoms with Gasteiger partial charge in [0.25, 0.3) is 5.91 Å². The van der Waals surface area contributed by atoms with Gasteiger partial charge < -0.3 is 14.5 Å². The Morgan fingerprint density at radius 2 is 1.85 bits per heavy atom. The summed E-state index contributed by atoms with van der Waals surface area (Å²) in [5, 5.41) is 0. The van der Waals surface area contributed by atoms with E-state index in [-0.39, 0.29) is 30.8 Å². The molecule has 0 aliphatic carbocycles. The van der Waals surface area contributed by atoms with E-state index in [2.05, 4.69) is 23.7 Å². The van der Waals surface area contributed by atoms with Crippen LogP contribution in [0.1, 0.15) is 47.4 Å². The van der Waals surface area contributed by atoms with Crippen molar-refractivity contribution in [3.8, 4) is 5.75 Å². The summed E-state index contributed by atoms with van der Waals surface area (Å²) in [6.07, 6.45) is 2.51. The van der Waals surface area contributed by atoms with Gasteiger partial charge in [0.15, 0.2) is 0 Å². The molecule has 0 radical (unpaired) electrons. The van der Waals surface area contributed by atoms with Crippen LogP contribution in [-0.2, 0) is 17.8 Å². The number of fused-ring (bicyclic) bond motifs is 1. The molecule has 1 aliphatic heterocycles. The largest absolute Gasteiger partial charge is 0.496 e. The van der Waals surface area contributed by atoms with Gasteiger partial charge in [-0.15, -0.1) is 0 Å². The molecule has 8 heteroatoms. The Kier molecular flexibility index (Phi) is 9.30. The van der Waals surface area contributed by atoms with Crippen molar-refractivity contribution in [1.82, 2.24) is 14.8 Å². The van der Waals surface area contributed by atoms with Crippen LogP contribution in [0.15, 0.2) is 60.8 Å². The SMILES string of the molecule is COc1ccc(CC(=O)N2CCN(C(C)C)CCCN(C(=O)c3ccccn3)c3cc(F)ccc3C2)cc1C. The van der Waals surface area contributed by atoms with Crippen molar-refractivity contribution in [2.45, 2.75) is 46.2 Å². The van der Waals surface area contributed by atoms with Crippen LogP contribution in [-0.4, -0.2) is 65.9 Å². The molecule has 0 atom stereocenters. The first-order valence-corrected chi connectivity index (χ1v) is 13.4. The summed E-state index contributed by atoms with van der Waals surface area (Å²) in [5.41, 5.74) is 3.36. The molecule has 1 aromatic heterocycles. The first-order valence-electron chi connectivity index (χ1n) is 13.4. The van der Waals surface area contributed by atoms with E-state index >= 15 is 0 Å². The van der Waals surface area contributed by atoms with Crippen molar-refractivity contribution in [3.63, 3.8) is 0 Å². The highest BCUT2D eigenvalue weighted by molar-refractivity contribution is 6.05. The van der Waals surface area contributed by atoms with E-state index in [1.54, 1.807) is 42.5 Å². The minimum Gasteiger partial charge on any atom is -0.496 e. The normalized spacial score (nSPS) is 15.0. The van der Waals surface area contributed by atoms with Crippen molar-refractivity contribution in [3.05, 3.63) is 89.0 Å². The van der Waals surface area contributed by atoms with Crippen LogP contribution in [0.5, 0.6) is 5.75 Å². The maximum Gasteiger partial charge on any atom is 0.276 e. The highest BCUT2D eigenvalue weighted by Crippen LogP contribution is 2.27. The van der Waals surface area contributed by atoms with Gasteiger partial charge in [-0.1, -0.05) is 24.3 Å². The van der Waals surface area contributed by atoms with Crippen LogP contribution in [0.3, 0.4) is 0 Å². The average Bonchev–Trinajstić information content (AvgIpc) is 2.96. The van der Waals surface area contributed by atoms with Gasteiger partial charge in [-0.3, -0.25) is 19.5 Å². The third-order valence-electron chi connectivity index (χ3n) is 7.21. The molecule has 3 aromatic rings. The monoisotopic (exact) mass is 532 g/mol. The van der Waals surface area contributed by atoms with Crippen molar-refractivity contribution < 1.29 is 18.7 Å². The number of benzene rings is 2. The molecule has 2 amide bonds. The van der Waals surface area contributed by atoms with Gasteiger partial charge in [0, 0.05) is 45.0 Å². The summed E-state index contributed by atoms with van der Waals surface area (Å²) in [5.74, 6) is 0.0326. The van der Waals surface area contributed by atoms with Gasteiger partial charge in [-0.05, 0) is 74.2 Å². The van der Waals surface area contributed by atoms with Crippen LogP contribution >= 0.6 is 0 Å². The highest BCUT2D eigenvalue weighted by atomic mass is 19.1. The maximum atomic E-state index is 14.6. The number of ether oxygens (including phenoxy) is 1. The fourth-order valence-corrected chi connectivity index (χ4v) is 5.02. The lowest BCUT2D eigenvalue weighted by Crippen LogP contribution is -2.42. The minimum atomic E-state index is -0.433. The van der Waals surface area contributed by atoms with Crippen LogP contribution in [0.4, 0.5) is 10.1 Å². The molecule has 2 aromatic carbocycles. The Hall–Kier alpha value is -3.78. The van der Waals surface area contributed by atoms with Crippen LogP contribution in [0.25, 0.3) is 0 Å². The molecule has 4 rings (SSSR count). The van der Waals surface area contributed by atoms with Gasteiger partial charge in [0.1, 0.15) is 17.3 Å². The lowest BCUT2D eigenvalue weighted by Gasteiger charge is -2.30. The van der Waals surface area contributed by atoms with E-state index in [1.807, 2.05) is 30.0 Å². The van der Waals surface area contributed by atoms with Crippen molar-refractivity contribution in [2.75, 3.05) is 38.2 Å². The topological polar surface area (TPSA) is 66.0 Å². The molecule has 39 heavy (non-hydrogen) atoms. The molecule has 0 unspecified atom stereocenters. The first-order chi connectivity index (χ1) is 18.8. The lowest BCUT2D eigenvalue weighted by atomic mass is 10.1. The molecule has 0 N–H and O–H groups in total. The summed E-state index contributed by atoms with van der Waals surface area (Å²) in [7, 11) is 1.63. The summed E-state index contributed by atoms with van der Waals surface area (Å²) in [6, 6.07) is 15.7. The van der Waals surface area contributed by atoms with E-state index in [0.717, 1.165) is 29.0 Å². The number of hydrogen-bond acceptors (Lipinski definition) is 5. The zero-order valence-corrected chi connectivity index (χ0v) is 23.2. The molecule has 0 spiro atoms. The number of anilines is 1. The molecule has 0 saturated carbocycles. The average molecular weight is 533 g/mol. The number of nitrogens with zero attached hydrogens (tertiary/aromatic N) is 4. The number of hydrogen-bond donors (Lipinski definition) is 0. The maximum absolute atomic E-state index is 14.6. The van der Waals surface area contributed by atoms with E-state index in [4.69, 9.17) is 4.74 Å². The number of aromatic nitrogens is 1. The highest BCUT2D eigenvalue weighted by Gasteiger charge is 2.26. The summed E-state index contributed by atoms with van der Waals surface area (Å²) < 4.78 is 20.0. The Labute approximate surface area is 230 Å². The molecule has 2 heterocycles. The minimum absolute atomic E-state index is 0.0274. The fraction of sp³-hybridized carbons (Fsp3) is 0.387. The number of rotatable bonds is 5. The number of methoxy groups -OCH3 is 1. The van der Waals surface area contributed by atoms with Crippen molar-refractivity contribution in [1.29, 1.82) is 0 Å². The first kappa shape index (κ1) is 28.2.